The Balaban J connectivity index is 1.39. The first kappa shape index (κ1) is 23.9. The Bertz CT molecular complexity index is 1200. The molecule has 0 unspecified atom stereocenters. The molecule has 180 valence electrons. The van der Waals surface area contributed by atoms with Gasteiger partial charge in [-0.25, -0.2) is 4.79 Å². The fourth-order valence-corrected chi connectivity index (χ4v) is 4.13. The number of benzene rings is 3. The highest BCUT2D eigenvalue weighted by atomic mass is 19.3. The number of hydrogen-bond acceptors (Lipinski definition) is 4. The van der Waals surface area contributed by atoms with Crippen molar-refractivity contribution in [1.82, 2.24) is 5.32 Å². The molecule has 3 aromatic rings. The molecule has 0 atom stereocenters. The van der Waals surface area contributed by atoms with Gasteiger partial charge in [0, 0.05) is 11.6 Å². The summed E-state index contributed by atoms with van der Waals surface area (Å²) in [5, 5.41) is 11.0. The van der Waals surface area contributed by atoms with Crippen LogP contribution in [0.4, 0.5) is 19.3 Å². The monoisotopic (exact) mass is 480 g/mol. The molecular formula is C26H22F2N2O5. The first-order chi connectivity index (χ1) is 16.8. The fraction of sp³-hybridized carbons (Fsp3) is 0.192. The number of carbonyl (C=O) groups excluding carboxylic acids is 2. The van der Waals surface area contributed by atoms with Crippen molar-refractivity contribution in [2.45, 2.75) is 11.8 Å². The molecule has 3 aromatic carbocycles. The molecule has 9 heteroatoms. The van der Waals surface area contributed by atoms with Crippen molar-refractivity contribution in [2.24, 2.45) is 0 Å². The molecule has 0 heterocycles. The number of alkyl halides is 2. The first-order valence-electron chi connectivity index (χ1n) is 10.8. The van der Waals surface area contributed by atoms with Crippen LogP contribution in [-0.2, 0) is 14.3 Å². The van der Waals surface area contributed by atoms with Crippen LogP contribution in [0.3, 0.4) is 0 Å². The number of aliphatic carboxylic acids is 1. The van der Waals surface area contributed by atoms with Gasteiger partial charge in [0.25, 0.3) is 5.91 Å². The van der Waals surface area contributed by atoms with Gasteiger partial charge in [-0.1, -0.05) is 66.7 Å². The van der Waals surface area contributed by atoms with E-state index in [1.54, 1.807) is 6.07 Å². The second-order valence-corrected chi connectivity index (χ2v) is 8.00. The number of alkyl carbamates (subject to hydrolysis) is 1. The van der Waals surface area contributed by atoms with E-state index >= 15 is 0 Å². The molecule has 2 N–H and O–H groups in total. The van der Waals surface area contributed by atoms with Gasteiger partial charge in [-0.3, -0.25) is 14.5 Å². The molecule has 1 aliphatic rings. The maximum absolute atomic E-state index is 14.6. The SMILES string of the molecule is O=C(O)CN(C(=O)C(F)(F)CNC(=O)OCC1c2ccccc2-c2ccccc21)c1ccccc1. The number of carbonyl (C=O) groups is 3. The summed E-state index contributed by atoms with van der Waals surface area (Å²) < 4.78 is 34.5. The number of nitrogens with zero attached hydrogens (tertiary/aromatic N) is 1. The Kier molecular flexibility index (Phi) is 6.77. The van der Waals surface area contributed by atoms with Crippen LogP contribution in [0.15, 0.2) is 78.9 Å². The molecule has 0 fully saturated rings. The Morgan fingerprint density at radius 3 is 2.00 bits per heavy atom. The number of ether oxygens (including phenoxy) is 1. The molecule has 0 aromatic heterocycles. The van der Waals surface area contributed by atoms with Crippen molar-refractivity contribution in [3.8, 4) is 11.1 Å². The zero-order chi connectivity index (χ0) is 25.0. The average molecular weight is 480 g/mol. The standard InChI is InChI=1S/C26H22F2N2O5/c27-26(28,24(33)30(14-23(31)32)17-8-2-1-3-9-17)16-29-25(34)35-15-22-20-12-6-4-10-18(20)19-11-5-7-13-21(19)22/h1-13,22H,14-16H2,(H,29,34)(H,31,32). The average Bonchev–Trinajstić information content (AvgIpc) is 3.18. The molecule has 0 saturated carbocycles. The van der Waals surface area contributed by atoms with Crippen molar-refractivity contribution in [1.29, 1.82) is 0 Å². The van der Waals surface area contributed by atoms with E-state index in [4.69, 9.17) is 9.84 Å². The third kappa shape index (κ3) is 5.13. The minimum atomic E-state index is -4.06. The van der Waals surface area contributed by atoms with Crippen molar-refractivity contribution < 1.29 is 33.0 Å². The highest BCUT2D eigenvalue weighted by Gasteiger charge is 2.43. The number of para-hydroxylation sites is 1. The fourth-order valence-electron chi connectivity index (χ4n) is 4.13. The van der Waals surface area contributed by atoms with Crippen molar-refractivity contribution >= 4 is 23.7 Å². The van der Waals surface area contributed by atoms with Crippen LogP contribution in [0, 0.1) is 0 Å². The van der Waals surface area contributed by atoms with Gasteiger partial charge in [0.15, 0.2) is 0 Å². The zero-order valence-electron chi connectivity index (χ0n) is 18.5. The van der Waals surface area contributed by atoms with Gasteiger partial charge in [-0.05, 0) is 34.4 Å². The van der Waals surface area contributed by atoms with Crippen molar-refractivity contribution in [3.63, 3.8) is 0 Å². The molecule has 1 aliphatic carbocycles. The van der Waals surface area contributed by atoms with Crippen LogP contribution in [0.1, 0.15) is 17.0 Å². The second kappa shape index (κ2) is 9.92. The van der Waals surface area contributed by atoms with Crippen LogP contribution >= 0.6 is 0 Å². The van der Waals surface area contributed by atoms with E-state index in [1.807, 2.05) is 53.8 Å². The van der Waals surface area contributed by atoms with Gasteiger partial charge < -0.3 is 15.2 Å². The Morgan fingerprint density at radius 1 is 0.886 bits per heavy atom. The summed E-state index contributed by atoms with van der Waals surface area (Å²) in [4.78, 5) is 36.3. The van der Waals surface area contributed by atoms with E-state index < -0.39 is 37.0 Å². The summed E-state index contributed by atoms with van der Waals surface area (Å²) in [6.07, 6.45) is -1.11. The summed E-state index contributed by atoms with van der Waals surface area (Å²) in [7, 11) is 0. The van der Waals surface area contributed by atoms with Gasteiger partial charge in [-0.15, -0.1) is 0 Å². The molecule has 7 nitrogen and oxygen atoms in total. The number of amides is 2. The number of fused-ring (bicyclic) bond motifs is 3. The second-order valence-electron chi connectivity index (χ2n) is 8.00. The molecule has 35 heavy (non-hydrogen) atoms. The van der Waals surface area contributed by atoms with E-state index in [2.05, 4.69) is 0 Å². The first-order valence-corrected chi connectivity index (χ1v) is 10.8. The minimum Gasteiger partial charge on any atom is -0.480 e. The van der Waals surface area contributed by atoms with Crippen molar-refractivity contribution in [3.05, 3.63) is 90.0 Å². The maximum Gasteiger partial charge on any atom is 0.407 e. The predicted molar refractivity (Wildman–Crippen MR) is 124 cm³/mol. The molecule has 4 rings (SSSR count). The third-order valence-electron chi connectivity index (χ3n) is 5.72. The summed E-state index contributed by atoms with van der Waals surface area (Å²) in [6.45, 7) is -2.37. The quantitative estimate of drug-likeness (QED) is 0.502. The van der Waals surface area contributed by atoms with Crippen LogP contribution in [0.25, 0.3) is 11.1 Å². The summed E-state index contributed by atoms with van der Waals surface area (Å²) in [5.41, 5.74) is 3.98. The maximum atomic E-state index is 14.6. The van der Waals surface area contributed by atoms with Crippen LogP contribution in [0.2, 0.25) is 0 Å². The largest absolute Gasteiger partial charge is 0.480 e. The number of carboxylic acids is 1. The number of nitrogens with one attached hydrogen (secondary N) is 1. The van der Waals surface area contributed by atoms with Gasteiger partial charge in [0.05, 0.1) is 6.54 Å². The Morgan fingerprint density at radius 2 is 1.43 bits per heavy atom. The molecule has 0 bridgehead atoms. The third-order valence-corrected chi connectivity index (χ3v) is 5.72. The smallest absolute Gasteiger partial charge is 0.407 e. The van der Waals surface area contributed by atoms with Crippen LogP contribution < -0.4 is 10.2 Å². The summed E-state index contributed by atoms with van der Waals surface area (Å²) >= 11 is 0. The van der Waals surface area contributed by atoms with E-state index in [9.17, 15) is 23.2 Å². The lowest BCUT2D eigenvalue weighted by Gasteiger charge is -2.26. The topological polar surface area (TPSA) is 95.9 Å². The number of halogens is 2. The zero-order valence-corrected chi connectivity index (χ0v) is 18.5. The summed E-state index contributed by atoms with van der Waals surface area (Å²) in [5.74, 6) is -7.51. The van der Waals surface area contributed by atoms with Crippen LogP contribution in [0.5, 0.6) is 0 Å². The lowest BCUT2D eigenvalue weighted by molar-refractivity contribution is -0.144. The molecule has 0 aliphatic heterocycles. The summed E-state index contributed by atoms with van der Waals surface area (Å²) in [6, 6.07) is 22.6. The van der Waals surface area contributed by atoms with Crippen molar-refractivity contribution in [2.75, 3.05) is 24.6 Å². The Labute approximate surface area is 199 Å². The number of hydrogen-bond donors (Lipinski definition) is 2. The van der Waals surface area contributed by atoms with E-state index in [1.165, 1.54) is 24.3 Å². The molecule has 0 saturated heterocycles. The molecule has 2 amide bonds. The molecule has 0 spiro atoms. The Hall–Kier alpha value is -4.27. The van der Waals surface area contributed by atoms with Crippen LogP contribution in [-0.4, -0.2) is 48.7 Å². The minimum absolute atomic E-state index is 0.000663. The predicted octanol–water partition coefficient (Wildman–Crippen LogP) is 4.28. The lowest BCUT2D eigenvalue weighted by atomic mass is 9.98. The number of anilines is 1. The molecule has 0 radical (unpaired) electrons. The number of carboxylic acid groups (broad SMARTS) is 1. The highest BCUT2D eigenvalue weighted by molar-refractivity contribution is 6.01. The van der Waals surface area contributed by atoms with E-state index in [0.717, 1.165) is 22.3 Å². The van der Waals surface area contributed by atoms with E-state index in [0.29, 0.717) is 4.90 Å². The highest BCUT2D eigenvalue weighted by Crippen LogP contribution is 2.44. The lowest BCUT2D eigenvalue weighted by Crippen LogP contribution is -2.51. The number of rotatable bonds is 8. The van der Waals surface area contributed by atoms with Gasteiger partial charge in [0.2, 0.25) is 0 Å². The van der Waals surface area contributed by atoms with Gasteiger partial charge in [-0.2, -0.15) is 8.78 Å². The van der Waals surface area contributed by atoms with E-state index in [-0.39, 0.29) is 18.2 Å². The van der Waals surface area contributed by atoms with Gasteiger partial charge in [0.1, 0.15) is 13.2 Å². The normalized spacial score (nSPS) is 12.4. The van der Waals surface area contributed by atoms with Gasteiger partial charge >= 0.3 is 18.0 Å². The molecular weight excluding hydrogens is 458 g/mol.